The number of benzene rings is 1. The Balaban J connectivity index is 2.62. The molecule has 0 aliphatic rings. The van der Waals surface area contributed by atoms with Crippen molar-refractivity contribution in [3.63, 3.8) is 0 Å². The van der Waals surface area contributed by atoms with Crippen molar-refractivity contribution >= 4 is 11.8 Å². The van der Waals surface area contributed by atoms with Crippen LogP contribution in [0.15, 0.2) is 30.3 Å². The number of carbonyl (C=O) groups is 2. The van der Waals surface area contributed by atoms with E-state index in [1.807, 2.05) is 30.3 Å². The van der Waals surface area contributed by atoms with Gasteiger partial charge in [-0.25, -0.2) is 0 Å². The molecular formula is C15H22N2O2. The highest BCUT2D eigenvalue weighted by Crippen LogP contribution is 2.08. The molecule has 0 saturated heterocycles. The Hall–Kier alpha value is -1.84. The van der Waals surface area contributed by atoms with E-state index in [2.05, 4.69) is 6.92 Å². The highest BCUT2D eigenvalue weighted by Gasteiger charge is 2.14. The fraction of sp³-hybridized carbons (Fsp3) is 0.467. The van der Waals surface area contributed by atoms with Crippen molar-refractivity contribution < 1.29 is 9.59 Å². The molecule has 1 rings (SSSR count). The fourth-order valence-electron chi connectivity index (χ4n) is 1.83. The van der Waals surface area contributed by atoms with E-state index in [1.165, 1.54) is 0 Å². The van der Waals surface area contributed by atoms with Crippen LogP contribution in [0.2, 0.25) is 0 Å². The standard InChI is InChI=1S/C15H22N2O2/c1-2-3-9-15(19)17(11-10-14(16)18)12-13-7-5-4-6-8-13/h4-8H,2-3,9-12H2,1H3,(H2,16,18). The molecule has 2 N–H and O–H groups in total. The van der Waals surface area contributed by atoms with Crippen molar-refractivity contribution in [1.82, 2.24) is 4.90 Å². The molecule has 0 unspecified atom stereocenters. The Morgan fingerprint density at radius 1 is 1.16 bits per heavy atom. The number of amides is 2. The Labute approximate surface area is 114 Å². The lowest BCUT2D eigenvalue weighted by atomic mass is 10.1. The largest absolute Gasteiger partial charge is 0.370 e. The summed E-state index contributed by atoms with van der Waals surface area (Å²) in [5.41, 5.74) is 6.22. The zero-order valence-electron chi connectivity index (χ0n) is 11.5. The molecule has 0 bridgehead atoms. The molecular weight excluding hydrogens is 240 g/mol. The molecule has 0 aliphatic heterocycles. The van der Waals surface area contributed by atoms with Crippen LogP contribution in [0.5, 0.6) is 0 Å². The van der Waals surface area contributed by atoms with Crippen LogP contribution in [0, 0.1) is 0 Å². The molecule has 104 valence electrons. The summed E-state index contributed by atoms with van der Waals surface area (Å²) in [6.07, 6.45) is 2.61. The number of hydrogen-bond donors (Lipinski definition) is 1. The maximum Gasteiger partial charge on any atom is 0.222 e. The van der Waals surface area contributed by atoms with Gasteiger partial charge in [0.15, 0.2) is 0 Å². The van der Waals surface area contributed by atoms with Gasteiger partial charge >= 0.3 is 0 Å². The monoisotopic (exact) mass is 262 g/mol. The zero-order chi connectivity index (χ0) is 14.1. The quantitative estimate of drug-likeness (QED) is 0.779. The summed E-state index contributed by atoms with van der Waals surface area (Å²) >= 11 is 0. The Morgan fingerprint density at radius 3 is 2.42 bits per heavy atom. The molecule has 0 spiro atoms. The van der Waals surface area contributed by atoms with Crippen LogP contribution < -0.4 is 5.73 Å². The molecule has 0 radical (unpaired) electrons. The minimum Gasteiger partial charge on any atom is -0.370 e. The molecule has 0 heterocycles. The van der Waals surface area contributed by atoms with E-state index in [0.29, 0.717) is 19.5 Å². The van der Waals surface area contributed by atoms with Gasteiger partial charge in [0.25, 0.3) is 0 Å². The van der Waals surface area contributed by atoms with E-state index < -0.39 is 0 Å². The van der Waals surface area contributed by atoms with E-state index >= 15 is 0 Å². The first-order valence-corrected chi connectivity index (χ1v) is 6.73. The van der Waals surface area contributed by atoms with Gasteiger partial charge in [-0.1, -0.05) is 43.7 Å². The van der Waals surface area contributed by atoms with E-state index in [9.17, 15) is 9.59 Å². The average Bonchev–Trinajstić information content (AvgIpc) is 2.41. The molecule has 1 aromatic rings. The summed E-state index contributed by atoms with van der Waals surface area (Å²) in [7, 11) is 0. The predicted molar refractivity (Wildman–Crippen MR) is 75.2 cm³/mol. The normalized spacial score (nSPS) is 10.2. The molecule has 2 amide bonds. The van der Waals surface area contributed by atoms with Gasteiger partial charge in [0.1, 0.15) is 0 Å². The van der Waals surface area contributed by atoms with Gasteiger partial charge in [-0.3, -0.25) is 9.59 Å². The molecule has 0 atom stereocenters. The van der Waals surface area contributed by atoms with E-state index in [4.69, 9.17) is 5.73 Å². The summed E-state index contributed by atoms with van der Waals surface area (Å²) < 4.78 is 0. The number of primary amides is 1. The third-order valence-corrected chi connectivity index (χ3v) is 2.94. The Bertz CT molecular complexity index is 404. The first kappa shape index (κ1) is 15.2. The topological polar surface area (TPSA) is 63.4 Å². The number of unbranched alkanes of at least 4 members (excludes halogenated alkanes) is 1. The van der Waals surface area contributed by atoms with Crippen molar-refractivity contribution in [3.8, 4) is 0 Å². The Kier molecular flexibility index (Phi) is 6.64. The highest BCUT2D eigenvalue weighted by atomic mass is 16.2. The maximum absolute atomic E-state index is 12.1. The first-order chi connectivity index (χ1) is 9.13. The van der Waals surface area contributed by atoms with Gasteiger partial charge in [-0.05, 0) is 12.0 Å². The molecule has 4 heteroatoms. The van der Waals surface area contributed by atoms with Gasteiger partial charge in [0.2, 0.25) is 11.8 Å². The van der Waals surface area contributed by atoms with Crippen LogP contribution in [0.4, 0.5) is 0 Å². The summed E-state index contributed by atoms with van der Waals surface area (Å²) in [5, 5.41) is 0. The molecule has 19 heavy (non-hydrogen) atoms. The number of carbonyl (C=O) groups excluding carboxylic acids is 2. The second kappa shape index (κ2) is 8.29. The van der Waals surface area contributed by atoms with E-state index in [-0.39, 0.29) is 18.2 Å². The molecule has 0 aromatic heterocycles. The minimum atomic E-state index is -0.374. The maximum atomic E-state index is 12.1. The van der Waals surface area contributed by atoms with Gasteiger partial charge in [-0.2, -0.15) is 0 Å². The minimum absolute atomic E-state index is 0.0898. The number of rotatable bonds is 8. The molecule has 4 nitrogen and oxygen atoms in total. The second-order valence-electron chi connectivity index (χ2n) is 4.62. The smallest absolute Gasteiger partial charge is 0.222 e. The lowest BCUT2D eigenvalue weighted by molar-refractivity contribution is -0.132. The third-order valence-electron chi connectivity index (χ3n) is 2.94. The summed E-state index contributed by atoms with van der Waals surface area (Å²) in [4.78, 5) is 24.7. The molecule has 0 aliphatic carbocycles. The van der Waals surface area contributed by atoms with Gasteiger partial charge < -0.3 is 10.6 Å². The van der Waals surface area contributed by atoms with Gasteiger partial charge in [0, 0.05) is 25.9 Å². The van der Waals surface area contributed by atoms with Crippen LogP contribution in [-0.4, -0.2) is 23.3 Å². The van der Waals surface area contributed by atoms with Crippen molar-refractivity contribution in [1.29, 1.82) is 0 Å². The molecule has 0 saturated carbocycles. The lowest BCUT2D eigenvalue weighted by Gasteiger charge is -2.22. The van der Waals surface area contributed by atoms with E-state index in [0.717, 1.165) is 18.4 Å². The van der Waals surface area contributed by atoms with Crippen molar-refractivity contribution in [2.75, 3.05) is 6.54 Å². The van der Waals surface area contributed by atoms with Crippen LogP contribution in [0.3, 0.4) is 0 Å². The molecule has 1 aromatic carbocycles. The summed E-state index contributed by atoms with van der Waals surface area (Å²) in [6, 6.07) is 9.78. The Morgan fingerprint density at radius 2 is 1.84 bits per heavy atom. The average molecular weight is 262 g/mol. The van der Waals surface area contributed by atoms with E-state index in [1.54, 1.807) is 4.90 Å². The SMILES string of the molecule is CCCCC(=O)N(CCC(N)=O)Cc1ccccc1. The van der Waals surface area contributed by atoms with Gasteiger partial charge in [0.05, 0.1) is 0 Å². The summed E-state index contributed by atoms with van der Waals surface area (Å²) in [5.74, 6) is -0.284. The third kappa shape index (κ3) is 6.04. The van der Waals surface area contributed by atoms with Crippen LogP contribution in [0.1, 0.15) is 38.2 Å². The highest BCUT2D eigenvalue weighted by molar-refractivity contribution is 5.78. The first-order valence-electron chi connectivity index (χ1n) is 6.73. The van der Waals surface area contributed by atoms with Gasteiger partial charge in [-0.15, -0.1) is 0 Å². The molecule has 0 fully saturated rings. The lowest BCUT2D eigenvalue weighted by Crippen LogP contribution is -2.33. The van der Waals surface area contributed by atoms with Crippen LogP contribution in [0.25, 0.3) is 0 Å². The van der Waals surface area contributed by atoms with Crippen LogP contribution in [-0.2, 0) is 16.1 Å². The number of nitrogens with two attached hydrogens (primary N) is 1. The van der Waals surface area contributed by atoms with Crippen LogP contribution >= 0.6 is 0 Å². The fourth-order valence-corrected chi connectivity index (χ4v) is 1.83. The summed E-state index contributed by atoms with van der Waals surface area (Å²) in [6.45, 7) is 2.99. The number of hydrogen-bond acceptors (Lipinski definition) is 2. The van der Waals surface area contributed by atoms with Crippen molar-refractivity contribution in [2.45, 2.75) is 39.2 Å². The predicted octanol–water partition coefficient (Wildman–Crippen LogP) is 2.08. The zero-order valence-corrected chi connectivity index (χ0v) is 11.5. The number of nitrogens with zero attached hydrogens (tertiary/aromatic N) is 1. The van der Waals surface area contributed by atoms with Crippen molar-refractivity contribution in [3.05, 3.63) is 35.9 Å². The second-order valence-corrected chi connectivity index (χ2v) is 4.62. The van der Waals surface area contributed by atoms with Crippen molar-refractivity contribution in [2.24, 2.45) is 5.73 Å².